The van der Waals surface area contributed by atoms with Gasteiger partial charge in [0.15, 0.2) is 0 Å². The second kappa shape index (κ2) is 5.07. The van der Waals surface area contributed by atoms with Crippen molar-refractivity contribution in [3.8, 4) is 5.75 Å². The number of nitrogen functional groups attached to an aromatic ring is 1. The van der Waals surface area contributed by atoms with E-state index in [1.165, 1.54) is 0 Å². The second-order valence-corrected chi connectivity index (χ2v) is 3.88. The first kappa shape index (κ1) is 11.1. The van der Waals surface area contributed by atoms with Gasteiger partial charge in [-0.1, -0.05) is 0 Å². The van der Waals surface area contributed by atoms with Crippen molar-refractivity contribution >= 4 is 11.4 Å². The molecular weight excluding hydrogens is 204 g/mol. The van der Waals surface area contributed by atoms with Gasteiger partial charge in [-0.25, -0.2) is 0 Å². The molecule has 0 atom stereocenters. The van der Waals surface area contributed by atoms with Crippen LogP contribution in [0.4, 0.5) is 11.4 Å². The molecule has 1 saturated heterocycles. The van der Waals surface area contributed by atoms with Crippen LogP contribution in [-0.2, 0) is 4.74 Å². The van der Waals surface area contributed by atoms with Crippen LogP contribution in [-0.4, -0.2) is 33.4 Å². The van der Waals surface area contributed by atoms with Crippen LogP contribution in [0.25, 0.3) is 0 Å². The van der Waals surface area contributed by atoms with E-state index in [0.717, 1.165) is 44.2 Å². The normalized spacial score (nSPS) is 16.9. The molecule has 0 aliphatic carbocycles. The number of nitrogens with zero attached hydrogens (tertiary/aromatic N) is 1. The molecular formula is C12H18N2O2. The fourth-order valence-electron chi connectivity index (χ4n) is 1.90. The fraction of sp³-hybridized carbons (Fsp3) is 0.500. The summed E-state index contributed by atoms with van der Waals surface area (Å²) in [5.41, 5.74) is 7.62. The van der Waals surface area contributed by atoms with Gasteiger partial charge in [-0.05, 0) is 18.6 Å². The van der Waals surface area contributed by atoms with Gasteiger partial charge in [-0.2, -0.15) is 0 Å². The summed E-state index contributed by atoms with van der Waals surface area (Å²) in [6.07, 6.45) is 1.06. The highest BCUT2D eigenvalue weighted by atomic mass is 16.5. The molecule has 1 heterocycles. The average molecular weight is 222 g/mol. The second-order valence-electron chi connectivity index (χ2n) is 3.88. The fourth-order valence-corrected chi connectivity index (χ4v) is 1.90. The Balaban J connectivity index is 2.18. The van der Waals surface area contributed by atoms with E-state index in [0.29, 0.717) is 5.69 Å². The van der Waals surface area contributed by atoms with E-state index in [9.17, 15) is 0 Å². The Kier molecular flexibility index (Phi) is 3.51. The number of anilines is 2. The minimum atomic E-state index is 0.678. The lowest BCUT2D eigenvalue weighted by atomic mass is 10.2. The van der Waals surface area contributed by atoms with Gasteiger partial charge in [0, 0.05) is 31.5 Å². The van der Waals surface area contributed by atoms with E-state index < -0.39 is 0 Å². The van der Waals surface area contributed by atoms with Crippen LogP contribution in [0.1, 0.15) is 6.42 Å². The number of benzene rings is 1. The third-order valence-electron chi connectivity index (χ3n) is 2.80. The van der Waals surface area contributed by atoms with Crippen LogP contribution < -0.4 is 15.4 Å². The highest BCUT2D eigenvalue weighted by molar-refractivity contribution is 5.62. The van der Waals surface area contributed by atoms with Crippen molar-refractivity contribution in [1.29, 1.82) is 0 Å². The highest BCUT2D eigenvalue weighted by Gasteiger charge is 2.11. The molecule has 16 heavy (non-hydrogen) atoms. The Morgan fingerprint density at radius 3 is 3.00 bits per heavy atom. The van der Waals surface area contributed by atoms with Crippen molar-refractivity contribution < 1.29 is 9.47 Å². The predicted molar refractivity (Wildman–Crippen MR) is 65.1 cm³/mol. The molecule has 0 spiro atoms. The van der Waals surface area contributed by atoms with Gasteiger partial charge in [0.25, 0.3) is 0 Å². The smallest absolute Gasteiger partial charge is 0.143 e. The summed E-state index contributed by atoms with van der Waals surface area (Å²) in [6, 6.07) is 5.91. The summed E-state index contributed by atoms with van der Waals surface area (Å²) in [5.74, 6) is 0.739. The summed E-state index contributed by atoms with van der Waals surface area (Å²) in [5, 5.41) is 0. The SMILES string of the molecule is COc1cc(N2CCCOCC2)ccc1N. The lowest BCUT2D eigenvalue weighted by molar-refractivity contribution is 0.152. The highest BCUT2D eigenvalue weighted by Crippen LogP contribution is 2.27. The maximum Gasteiger partial charge on any atom is 0.143 e. The van der Waals surface area contributed by atoms with Gasteiger partial charge in [-0.15, -0.1) is 0 Å². The van der Waals surface area contributed by atoms with Gasteiger partial charge in [0.2, 0.25) is 0 Å². The summed E-state index contributed by atoms with van der Waals surface area (Å²) in [7, 11) is 1.64. The number of ether oxygens (including phenoxy) is 2. The zero-order valence-electron chi connectivity index (χ0n) is 9.61. The Bertz CT molecular complexity index is 347. The third-order valence-corrected chi connectivity index (χ3v) is 2.80. The van der Waals surface area contributed by atoms with Gasteiger partial charge in [0.1, 0.15) is 5.75 Å². The predicted octanol–water partition coefficient (Wildman–Crippen LogP) is 1.50. The molecule has 1 aliphatic heterocycles. The number of nitrogens with two attached hydrogens (primary N) is 1. The van der Waals surface area contributed by atoms with E-state index in [4.69, 9.17) is 15.2 Å². The molecule has 1 aromatic carbocycles. The quantitative estimate of drug-likeness (QED) is 0.770. The summed E-state index contributed by atoms with van der Waals surface area (Å²) >= 11 is 0. The van der Waals surface area contributed by atoms with Crippen molar-refractivity contribution in [2.75, 3.05) is 44.0 Å². The van der Waals surface area contributed by atoms with Crippen LogP contribution in [0.2, 0.25) is 0 Å². The summed E-state index contributed by atoms with van der Waals surface area (Å²) < 4.78 is 10.7. The van der Waals surface area contributed by atoms with Crippen molar-refractivity contribution in [2.45, 2.75) is 6.42 Å². The van der Waals surface area contributed by atoms with Crippen molar-refractivity contribution in [2.24, 2.45) is 0 Å². The Hall–Kier alpha value is -1.42. The van der Waals surface area contributed by atoms with Crippen LogP contribution in [0.3, 0.4) is 0 Å². The third kappa shape index (κ3) is 2.39. The van der Waals surface area contributed by atoms with Crippen molar-refractivity contribution in [1.82, 2.24) is 0 Å². The monoisotopic (exact) mass is 222 g/mol. The van der Waals surface area contributed by atoms with E-state index in [1.807, 2.05) is 18.2 Å². The summed E-state index contributed by atoms with van der Waals surface area (Å²) in [4.78, 5) is 2.30. The zero-order chi connectivity index (χ0) is 11.4. The molecule has 4 heteroatoms. The standard InChI is InChI=1S/C12H18N2O2/c1-15-12-9-10(3-4-11(12)13)14-5-2-7-16-8-6-14/h3-4,9H,2,5-8,13H2,1H3. The van der Waals surface area contributed by atoms with Gasteiger partial charge in [0.05, 0.1) is 19.4 Å². The molecule has 0 unspecified atom stereocenters. The molecule has 2 rings (SSSR count). The molecule has 0 amide bonds. The van der Waals surface area contributed by atoms with Crippen molar-refractivity contribution in [3.05, 3.63) is 18.2 Å². The zero-order valence-corrected chi connectivity index (χ0v) is 9.61. The maximum atomic E-state index is 5.79. The van der Waals surface area contributed by atoms with Gasteiger partial charge >= 0.3 is 0 Å². The first-order valence-corrected chi connectivity index (χ1v) is 5.57. The van der Waals surface area contributed by atoms with Gasteiger partial charge < -0.3 is 20.1 Å². The van der Waals surface area contributed by atoms with E-state index in [1.54, 1.807) is 7.11 Å². The molecule has 88 valence electrons. The van der Waals surface area contributed by atoms with Crippen LogP contribution >= 0.6 is 0 Å². The van der Waals surface area contributed by atoms with Crippen LogP contribution in [0.15, 0.2) is 18.2 Å². The molecule has 0 aromatic heterocycles. The Morgan fingerprint density at radius 1 is 1.31 bits per heavy atom. The van der Waals surface area contributed by atoms with Crippen molar-refractivity contribution in [3.63, 3.8) is 0 Å². The minimum absolute atomic E-state index is 0.678. The van der Waals surface area contributed by atoms with Crippen LogP contribution in [0.5, 0.6) is 5.75 Å². The molecule has 1 aliphatic rings. The number of hydrogen-bond donors (Lipinski definition) is 1. The maximum absolute atomic E-state index is 5.79. The lowest BCUT2D eigenvalue weighted by Crippen LogP contribution is -2.25. The Morgan fingerprint density at radius 2 is 2.19 bits per heavy atom. The number of rotatable bonds is 2. The van der Waals surface area contributed by atoms with Gasteiger partial charge in [-0.3, -0.25) is 0 Å². The molecule has 2 N–H and O–H groups in total. The van der Waals surface area contributed by atoms with E-state index in [-0.39, 0.29) is 0 Å². The first-order chi connectivity index (χ1) is 7.81. The molecule has 1 aromatic rings. The molecule has 4 nitrogen and oxygen atoms in total. The number of methoxy groups -OCH3 is 1. The minimum Gasteiger partial charge on any atom is -0.495 e. The molecule has 0 bridgehead atoms. The van der Waals surface area contributed by atoms with E-state index >= 15 is 0 Å². The molecule has 0 radical (unpaired) electrons. The molecule has 0 saturated carbocycles. The van der Waals surface area contributed by atoms with Crippen LogP contribution in [0, 0.1) is 0 Å². The number of hydrogen-bond acceptors (Lipinski definition) is 4. The summed E-state index contributed by atoms with van der Waals surface area (Å²) in [6.45, 7) is 3.58. The Labute approximate surface area is 95.9 Å². The lowest BCUT2D eigenvalue weighted by Gasteiger charge is -2.22. The molecule has 1 fully saturated rings. The topological polar surface area (TPSA) is 47.7 Å². The van der Waals surface area contributed by atoms with E-state index in [2.05, 4.69) is 4.90 Å². The first-order valence-electron chi connectivity index (χ1n) is 5.57. The largest absolute Gasteiger partial charge is 0.495 e. The average Bonchev–Trinajstić information content (AvgIpc) is 2.58.